The minimum Gasteiger partial charge on any atom is -0.358 e. The van der Waals surface area contributed by atoms with Crippen LogP contribution in [0.5, 0.6) is 0 Å². The summed E-state index contributed by atoms with van der Waals surface area (Å²) in [5.74, 6) is 0. The number of para-hydroxylation sites is 3. The van der Waals surface area contributed by atoms with E-state index in [0.717, 1.165) is 0 Å². The van der Waals surface area contributed by atoms with Crippen molar-refractivity contribution in [2.45, 2.75) is 10.3 Å². The number of thioether (sulfide) groups is 2. The minimum absolute atomic E-state index is 0. The van der Waals surface area contributed by atoms with E-state index in [4.69, 9.17) is 0 Å². The van der Waals surface area contributed by atoms with Gasteiger partial charge >= 0.3 is 0 Å². The van der Waals surface area contributed by atoms with E-state index in [1.807, 2.05) is 11.8 Å². The predicted octanol–water partition coefficient (Wildman–Crippen LogP) is 7.61. The monoisotopic (exact) mass is 542 g/mol. The second kappa shape index (κ2) is 9.12. The molecule has 1 atom stereocenters. The molecule has 0 bridgehead atoms. The Labute approximate surface area is 204 Å². The second-order valence-corrected chi connectivity index (χ2v) is 9.07. The van der Waals surface area contributed by atoms with Crippen LogP contribution in [0.2, 0.25) is 0 Å². The van der Waals surface area contributed by atoms with Gasteiger partial charge in [0.2, 0.25) is 0 Å². The highest BCUT2D eigenvalue weighted by molar-refractivity contribution is 14.0. The van der Waals surface area contributed by atoms with Crippen LogP contribution in [0.25, 0.3) is 5.57 Å². The van der Waals surface area contributed by atoms with E-state index in [0.29, 0.717) is 0 Å². The molecule has 3 aromatic carbocycles. The van der Waals surface area contributed by atoms with Crippen molar-refractivity contribution in [3.63, 3.8) is 0 Å². The van der Waals surface area contributed by atoms with Crippen LogP contribution in [0, 0.1) is 0 Å². The molecule has 5 heteroatoms. The molecular formula is C25H23IN2S2. The number of hydrogen-bond donors (Lipinski definition) is 0. The molecule has 0 saturated heterocycles. The summed E-state index contributed by atoms with van der Waals surface area (Å²) in [4.78, 5) is 6.07. The SMILES string of the molecule is CSC1=CC(=CC2Sc3ccccc3N2C)c2ccccc2N1c1ccccc1.I. The molecule has 0 aliphatic carbocycles. The highest BCUT2D eigenvalue weighted by atomic mass is 127. The number of likely N-dealkylation sites (N-methyl/N-ethyl adjacent to an activating group) is 1. The van der Waals surface area contributed by atoms with Gasteiger partial charge in [0, 0.05) is 23.2 Å². The van der Waals surface area contributed by atoms with Gasteiger partial charge in [-0.15, -0.1) is 35.7 Å². The minimum atomic E-state index is 0. The van der Waals surface area contributed by atoms with Crippen molar-refractivity contribution in [1.29, 1.82) is 0 Å². The van der Waals surface area contributed by atoms with E-state index < -0.39 is 0 Å². The predicted molar refractivity (Wildman–Crippen MR) is 145 cm³/mol. The lowest BCUT2D eigenvalue weighted by atomic mass is 9.98. The molecule has 0 aromatic heterocycles. The first-order valence-corrected chi connectivity index (χ1v) is 11.8. The van der Waals surface area contributed by atoms with Gasteiger partial charge in [0.1, 0.15) is 0 Å². The quantitative estimate of drug-likeness (QED) is 0.314. The molecule has 0 spiro atoms. The number of allylic oxidation sites excluding steroid dienone is 2. The fourth-order valence-electron chi connectivity index (χ4n) is 3.93. The van der Waals surface area contributed by atoms with E-state index in [2.05, 4.69) is 114 Å². The molecule has 5 rings (SSSR count). The van der Waals surface area contributed by atoms with Gasteiger partial charge in [0.05, 0.1) is 21.8 Å². The van der Waals surface area contributed by atoms with Gasteiger partial charge in [0.25, 0.3) is 0 Å². The molecule has 0 fully saturated rings. The molecular weight excluding hydrogens is 519 g/mol. The summed E-state index contributed by atoms with van der Waals surface area (Å²) < 4.78 is 0. The van der Waals surface area contributed by atoms with Gasteiger partial charge in [-0.1, -0.05) is 60.3 Å². The van der Waals surface area contributed by atoms with E-state index in [1.165, 1.54) is 38.1 Å². The average Bonchev–Trinajstić information content (AvgIpc) is 3.09. The van der Waals surface area contributed by atoms with Crippen molar-refractivity contribution in [2.75, 3.05) is 23.1 Å². The van der Waals surface area contributed by atoms with Gasteiger partial charge in [-0.25, -0.2) is 0 Å². The highest BCUT2D eigenvalue weighted by Gasteiger charge is 2.28. The van der Waals surface area contributed by atoms with Crippen molar-refractivity contribution in [1.82, 2.24) is 0 Å². The molecule has 0 amide bonds. The zero-order valence-corrected chi connectivity index (χ0v) is 20.8. The van der Waals surface area contributed by atoms with E-state index >= 15 is 0 Å². The summed E-state index contributed by atoms with van der Waals surface area (Å²) in [5, 5.41) is 1.53. The molecule has 0 radical (unpaired) electrons. The fraction of sp³-hybridized carbons (Fsp3) is 0.120. The summed E-state index contributed by atoms with van der Waals surface area (Å²) in [7, 11) is 2.19. The largest absolute Gasteiger partial charge is 0.358 e. The first-order chi connectivity index (χ1) is 14.3. The van der Waals surface area contributed by atoms with E-state index in [9.17, 15) is 0 Å². The van der Waals surface area contributed by atoms with Crippen LogP contribution in [-0.2, 0) is 0 Å². The fourth-order valence-corrected chi connectivity index (χ4v) is 5.80. The normalized spacial score (nSPS) is 18.5. The Kier molecular flexibility index (Phi) is 6.51. The Bertz CT molecular complexity index is 1110. The Morgan fingerprint density at radius 2 is 1.53 bits per heavy atom. The highest BCUT2D eigenvalue weighted by Crippen LogP contribution is 2.47. The maximum absolute atomic E-state index is 2.40. The van der Waals surface area contributed by atoms with Gasteiger partial charge in [0.15, 0.2) is 0 Å². The van der Waals surface area contributed by atoms with Crippen molar-refractivity contribution in [2.24, 2.45) is 0 Å². The zero-order valence-electron chi connectivity index (χ0n) is 16.9. The standard InChI is InChI=1S/C25H22N2S2.HI/c1-26-22-14-8-9-15-23(22)29-24(26)16-18-17-25(28-2)27(19-10-4-3-5-11-19)21-13-7-6-12-20(18)21;/h3-17,24H,1-2H3;1H. The Balaban J connectivity index is 0.00000218. The molecule has 0 saturated carbocycles. The molecule has 2 aliphatic rings. The molecule has 1 unspecified atom stereocenters. The van der Waals surface area contributed by atoms with E-state index in [-0.39, 0.29) is 29.4 Å². The molecule has 2 heterocycles. The van der Waals surface area contributed by atoms with Crippen LogP contribution >= 0.6 is 47.5 Å². The number of benzene rings is 3. The molecule has 3 aromatic rings. The lowest BCUT2D eigenvalue weighted by molar-refractivity contribution is 0.991. The van der Waals surface area contributed by atoms with Crippen LogP contribution in [-0.4, -0.2) is 18.7 Å². The molecule has 2 aliphatic heterocycles. The van der Waals surface area contributed by atoms with Crippen molar-refractivity contribution < 1.29 is 0 Å². The Morgan fingerprint density at radius 1 is 0.867 bits per heavy atom. The molecule has 30 heavy (non-hydrogen) atoms. The topological polar surface area (TPSA) is 6.48 Å². The summed E-state index contributed by atoms with van der Waals surface area (Å²) in [6, 6.07) is 28.0. The van der Waals surface area contributed by atoms with Crippen LogP contribution < -0.4 is 9.80 Å². The number of anilines is 3. The first kappa shape index (κ1) is 21.4. The third-order valence-corrected chi connectivity index (χ3v) is 7.39. The van der Waals surface area contributed by atoms with Crippen molar-refractivity contribution in [3.05, 3.63) is 102 Å². The maximum atomic E-state index is 2.40. The van der Waals surface area contributed by atoms with Crippen LogP contribution in [0.3, 0.4) is 0 Å². The number of rotatable bonds is 3. The second-order valence-electron chi connectivity index (χ2n) is 7.08. The van der Waals surface area contributed by atoms with Gasteiger partial charge in [-0.2, -0.15) is 0 Å². The molecule has 152 valence electrons. The Hall–Kier alpha value is -1.83. The summed E-state index contributed by atoms with van der Waals surface area (Å²) in [5.41, 5.74) is 6.30. The van der Waals surface area contributed by atoms with Crippen molar-refractivity contribution >= 4 is 70.1 Å². The van der Waals surface area contributed by atoms with Gasteiger partial charge in [-0.05, 0) is 54.3 Å². The van der Waals surface area contributed by atoms with Crippen LogP contribution in [0.1, 0.15) is 5.56 Å². The third kappa shape index (κ3) is 3.79. The molecule has 0 N–H and O–H groups in total. The smallest absolute Gasteiger partial charge is 0.0988 e. The number of fused-ring (bicyclic) bond motifs is 2. The average molecular weight is 543 g/mol. The summed E-state index contributed by atoms with van der Waals surface area (Å²) >= 11 is 3.71. The van der Waals surface area contributed by atoms with Crippen molar-refractivity contribution in [3.8, 4) is 0 Å². The molecule has 2 nitrogen and oxygen atoms in total. The van der Waals surface area contributed by atoms with Gasteiger partial charge < -0.3 is 9.80 Å². The number of halogens is 1. The third-order valence-electron chi connectivity index (χ3n) is 5.38. The van der Waals surface area contributed by atoms with E-state index in [1.54, 1.807) is 11.8 Å². The summed E-state index contributed by atoms with van der Waals surface area (Å²) in [6.07, 6.45) is 6.89. The van der Waals surface area contributed by atoms with Crippen LogP contribution in [0.15, 0.2) is 101 Å². The zero-order chi connectivity index (χ0) is 19.8. The number of hydrogen-bond acceptors (Lipinski definition) is 4. The van der Waals surface area contributed by atoms with Gasteiger partial charge in [-0.3, -0.25) is 0 Å². The lowest BCUT2D eigenvalue weighted by Crippen LogP contribution is -2.23. The summed E-state index contributed by atoms with van der Waals surface area (Å²) in [6.45, 7) is 0. The van der Waals surface area contributed by atoms with Crippen LogP contribution in [0.4, 0.5) is 17.1 Å². The lowest BCUT2D eigenvalue weighted by Gasteiger charge is -2.33. The Morgan fingerprint density at radius 3 is 2.27 bits per heavy atom. The first-order valence-electron chi connectivity index (χ1n) is 9.67. The maximum Gasteiger partial charge on any atom is 0.0988 e. The number of nitrogens with zero attached hydrogens (tertiary/aromatic N) is 2.